The molecule has 110 valence electrons. The number of amides is 1. The van der Waals surface area contributed by atoms with Crippen LogP contribution in [0.25, 0.3) is 11.0 Å². The van der Waals surface area contributed by atoms with Gasteiger partial charge in [-0.15, -0.1) is 0 Å². The number of hydrogen-bond acceptors (Lipinski definition) is 4. The van der Waals surface area contributed by atoms with E-state index in [2.05, 4.69) is 10.6 Å². The predicted molar refractivity (Wildman–Crippen MR) is 84.1 cm³/mol. The average Bonchev–Trinajstić information content (AvgIpc) is 2.96. The van der Waals surface area contributed by atoms with Crippen LogP contribution in [0.4, 0.5) is 11.4 Å². The van der Waals surface area contributed by atoms with Gasteiger partial charge >= 0.3 is 0 Å². The van der Waals surface area contributed by atoms with Crippen molar-refractivity contribution in [1.82, 2.24) is 0 Å². The molecule has 3 aromatic rings. The number of rotatable bonds is 3. The third kappa shape index (κ3) is 2.26. The van der Waals surface area contributed by atoms with Crippen molar-refractivity contribution in [3.8, 4) is 5.75 Å². The van der Waals surface area contributed by atoms with Crippen LogP contribution in [0.5, 0.6) is 5.75 Å². The van der Waals surface area contributed by atoms with Crippen molar-refractivity contribution in [2.24, 2.45) is 0 Å². The van der Waals surface area contributed by atoms with Gasteiger partial charge < -0.3 is 19.8 Å². The SMILES string of the molecule is O=C1COc2cc(NCc3coc4ccccc34)ccc2N1. The summed E-state index contributed by atoms with van der Waals surface area (Å²) in [7, 11) is 0. The van der Waals surface area contributed by atoms with Crippen LogP contribution >= 0.6 is 0 Å². The molecule has 0 aliphatic carbocycles. The van der Waals surface area contributed by atoms with E-state index in [1.54, 1.807) is 6.26 Å². The summed E-state index contributed by atoms with van der Waals surface area (Å²) in [6.45, 7) is 0.713. The molecule has 4 rings (SSSR count). The number of furan rings is 1. The van der Waals surface area contributed by atoms with Crippen LogP contribution in [-0.4, -0.2) is 12.5 Å². The van der Waals surface area contributed by atoms with Gasteiger partial charge in [0.2, 0.25) is 0 Å². The largest absolute Gasteiger partial charge is 0.482 e. The minimum absolute atomic E-state index is 0.0584. The lowest BCUT2D eigenvalue weighted by Gasteiger charge is -2.18. The molecular formula is C17H14N2O3. The molecule has 0 radical (unpaired) electrons. The van der Waals surface area contributed by atoms with Gasteiger partial charge in [-0.2, -0.15) is 0 Å². The first-order chi connectivity index (χ1) is 10.8. The van der Waals surface area contributed by atoms with Crippen molar-refractivity contribution in [1.29, 1.82) is 0 Å². The summed E-state index contributed by atoms with van der Waals surface area (Å²) in [5.74, 6) is 0.555. The molecule has 2 aromatic carbocycles. The fourth-order valence-electron chi connectivity index (χ4n) is 2.55. The first-order valence-electron chi connectivity index (χ1n) is 7.05. The van der Waals surface area contributed by atoms with E-state index in [9.17, 15) is 4.79 Å². The molecule has 0 saturated heterocycles. The second-order valence-electron chi connectivity index (χ2n) is 5.16. The van der Waals surface area contributed by atoms with Crippen LogP contribution in [-0.2, 0) is 11.3 Å². The minimum atomic E-state index is -0.127. The van der Waals surface area contributed by atoms with E-state index in [0.29, 0.717) is 18.0 Å². The summed E-state index contributed by atoms with van der Waals surface area (Å²) in [6.07, 6.45) is 1.77. The molecule has 0 fully saturated rings. The molecule has 0 spiro atoms. The summed E-state index contributed by atoms with van der Waals surface area (Å²) in [5, 5.41) is 7.23. The van der Waals surface area contributed by atoms with E-state index in [0.717, 1.165) is 22.2 Å². The maximum absolute atomic E-state index is 11.3. The molecule has 1 aliphatic rings. The fourth-order valence-corrected chi connectivity index (χ4v) is 2.55. The maximum atomic E-state index is 11.3. The zero-order valence-electron chi connectivity index (χ0n) is 11.8. The molecule has 5 heteroatoms. The molecule has 1 aliphatic heterocycles. The molecule has 1 amide bonds. The van der Waals surface area contributed by atoms with Crippen molar-refractivity contribution in [3.05, 3.63) is 54.3 Å². The number of carbonyl (C=O) groups excluding carboxylic acids is 1. The number of anilines is 2. The lowest BCUT2D eigenvalue weighted by molar-refractivity contribution is -0.118. The molecule has 1 aromatic heterocycles. The lowest BCUT2D eigenvalue weighted by atomic mass is 10.1. The molecule has 0 unspecified atom stereocenters. The van der Waals surface area contributed by atoms with Gasteiger partial charge in [0.15, 0.2) is 6.61 Å². The number of hydrogen-bond donors (Lipinski definition) is 2. The normalized spacial score (nSPS) is 13.4. The number of fused-ring (bicyclic) bond motifs is 2. The zero-order valence-corrected chi connectivity index (χ0v) is 11.8. The number of para-hydroxylation sites is 1. The van der Waals surface area contributed by atoms with Crippen molar-refractivity contribution in [2.75, 3.05) is 17.2 Å². The Morgan fingerprint density at radius 1 is 1.18 bits per heavy atom. The van der Waals surface area contributed by atoms with E-state index >= 15 is 0 Å². The van der Waals surface area contributed by atoms with Crippen LogP contribution < -0.4 is 15.4 Å². The second-order valence-corrected chi connectivity index (χ2v) is 5.16. The van der Waals surface area contributed by atoms with E-state index in [-0.39, 0.29) is 12.5 Å². The summed E-state index contributed by atoms with van der Waals surface area (Å²) in [4.78, 5) is 11.3. The van der Waals surface area contributed by atoms with E-state index in [1.165, 1.54) is 0 Å². The van der Waals surface area contributed by atoms with E-state index in [1.807, 2.05) is 42.5 Å². The fraction of sp³-hybridized carbons (Fsp3) is 0.118. The number of ether oxygens (including phenoxy) is 1. The highest BCUT2D eigenvalue weighted by Crippen LogP contribution is 2.31. The Balaban J connectivity index is 1.53. The van der Waals surface area contributed by atoms with E-state index in [4.69, 9.17) is 9.15 Å². The Morgan fingerprint density at radius 3 is 3.05 bits per heavy atom. The molecular weight excluding hydrogens is 280 g/mol. The number of carbonyl (C=O) groups is 1. The third-order valence-electron chi connectivity index (χ3n) is 3.66. The van der Waals surface area contributed by atoms with Crippen LogP contribution in [0, 0.1) is 0 Å². The Bertz CT molecular complexity index is 854. The highest BCUT2D eigenvalue weighted by atomic mass is 16.5. The van der Waals surface area contributed by atoms with Crippen LogP contribution in [0.3, 0.4) is 0 Å². The van der Waals surface area contributed by atoms with Gasteiger partial charge in [0, 0.05) is 29.2 Å². The Morgan fingerprint density at radius 2 is 2.09 bits per heavy atom. The van der Waals surface area contributed by atoms with Crippen LogP contribution in [0.2, 0.25) is 0 Å². The Hall–Kier alpha value is -2.95. The van der Waals surface area contributed by atoms with Crippen molar-refractivity contribution in [3.63, 3.8) is 0 Å². The monoisotopic (exact) mass is 294 g/mol. The molecule has 0 atom stereocenters. The van der Waals surface area contributed by atoms with Crippen molar-refractivity contribution < 1.29 is 13.9 Å². The molecule has 2 heterocycles. The number of benzene rings is 2. The molecule has 0 bridgehead atoms. The summed E-state index contributed by atoms with van der Waals surface area (Å²) < 4.78 is 10.9. The predicted octanol–water partition coefficient (Wildman–Crippen LogP) is 3.38. The van der Waals surface area contributed by atoms with Gasteiger partial charge in [-0.1, -0.05) is 18.2 Å². The number of nitrogens with one attached hydrogen (secondary N) is 2. The second kappa shape index (κ2) is 5.11. The summed E-state index contributed by atoms with van der Waals surface area (Å²) in [6, 6.07) is 13.6. The van der Waals surface area contributed by atoms with Crippen LogP contribution in [0.1, 0.15) is 5.56 Å². The Labute approximate surface area is 126 Å². The maximum Gasteiger partial charge on any atom is 0.262 e. The third-order valence-corrected chi connectivity index (χ3v) is 3.66. The highest BCUT2D eigenvalue weighted by molar-refractivity contribution is 5.95. The van der Waals surface area contributed by atoms with Crippen molar-refractivity contribution in [2.45, 2.75) is 6.54 Å². The molecule has 0 saturated carbocycles. The van der Waals surface area contributed by atoms with Gasteiger partial charge in [-0.3, -0.25) is 4.79 Å². The van der Waals surface area contributed by atoms with Gasteiger partial charge in [-0.05, 0) is 18.2 Å². The standard InChI is InChI=1S/C17H14N2O3/c20-17-10-22-16-7-12(5-6-14(16)19-17)18-8-11-9-21-15-4-2-1-3-13(11)15/h1-7,9,18H,8,10H2,(H,19,20). The lowest BCUT2D eigenvalue weighted by Crippen LogP contribution is -2.25. The van der Waals surface area contributed by atoms with E-state index < -0.39 is 0 Å². The molecule has 2 N–H and O–H groups in total. The first kappa shape index (κ1) is 12.8. The molecule has 22 heavy (non-hydrogen) atoms. The highest BCUT2D eigenvalue weighted by Gasteiger charge is 2.15. The zero-order chi connectivity index (χ0) is 14.9. The van der Waals surface area contributed by atoms with Gasteiger partial charge in [0.1, 0.15) is 11.3 Å². The summed E-state index contributed by atoms with van der Waals surface area (Å²) >= 11 is 0. The average molecular weight is 294 g/mol. The summed E-state index contributed by atoms with van der Waals surface area (Å²) in [5.41, 5.74) is 3.62. The van der Waals surface area contributed by atoms with Gasteiger partial charge in [-0.25, -0.2) is 0 Å². The van der Waals surface area contributed by atoms with Crippen LogP contribution in [0.15, 0.2) is 53.1 Å². The first-order valence-corrected chi connectivity index (χ1v) is 7.05. The minimum Gasteiger partial charge on any atom is -0.482 e. The quantitative estimate of drug-likeness (QED) is 0.777. The smallest absolute Gasteiger partial charge is 0.262 e. The van der Waals surface area contributed by atoms with Crippen molar-refractivity contribution >= 4 is 28.3 Å². The topological polar surface area (TPSA) is 63.5 Å². The Kier molecular flexibility index (Phi) is 2.96. The molecule has 5 nitrogen and oxygen atoms in total. The van der Waals surface area contributed by atoms with Gasteiger partial charge in [0.05, 0.1) is 12.0 Å². The van der Waals surface area contributed by atoms with Gasteiger partial charge in [0.25, 0.3) is 5.91 Å².